The van der Waals surface area contributed by atoms with Gasteiger partial charge in [-0.1, -0.05) is 170 Å². The molecule has 0 bridgehead atoms. The molecule has 3 aliphatic heterocycles. The van der Waals surface area contributed by atoms with Gasteiger partial charge in [0.15, 0.2) is 6.17 Å². The molecule has 272 valence electrons. The predicted molar refractivity (Wildman–Crippen MR) is 238 cm³/mol. The van der Waals surface area contributed by atoms with Gasteiger partial charge in [0.2, 0.25) is 0 Å². The van der Waals surface area contributed by atoms with E-state index in [1.807, 2.05) is 0 Å². The molecular formula is C55H37N3. The van der Waals surface area contributed by atoms with Gasteiger partial charge in [-0.15, -0.1) is 0 Å². The lowest BCUT2D eigenvalue weighted by atomic mass is 9.64. The molecule has 0 saturated carbocycles. The number of rotatable bonds is 5. The topological polar surface area (TPSA) is 18.8 Å². The van der Waals surface area contributed by atoms with Gasteiger partial charge in [-0.2, -0.15) is 0 Å². The molecule has 0 radical (unpaired) electrons. The standard InChI is InChI=1S/C55H37N3/c1-4-17-37(18-5-1)42-34-46(38-19-6-2-7-20-38)54-56-53(57(54)36-42)41-22-16-21-39(33-41)40-31-32-45-44-25-10-11-26-47(44)55(50(45)35-40)48-27-12-14-29-51(48)58(43-23-8-3-9-24-43)52-30-15-13-28-49(52)55/h1-36,53H. The molecule has 3 nitrogen and oxygen atoms in total. The largest absolute Gasteiger partial charge is 0.310 e. The van der Waals surface area contributed by atoms with Gasteiger partial charge in [0.25, 0.3) is 0 Å². The van der Waals surface area contributed by atoms with Crippen LogP contribution in [0.15, 0.2) is 224 Å². The normalized spacial score (nSPS) is 16.5. The Morgan fingerprint density at radius 2 is 1.00 bits per heavy atom. The molecule has 1 aliphatic carbocycles. The van der Waals surface area contributed by atoms with Crippen molar-refractivity contribution in [3.63, 3.8) is 0 Å². The fraction of sp³-hybridized carbons (Fsp3) is 0.0364. The third-order valence-electron chi connectivity index (χ3n) is 12.4. The minimum Gasteiger partial charge on any atom is -0.310 e. The van der Waals surface area contributed by atoms with Gasteiger partial charge in [0, 0.05) is 17.5 Å². The summed E-state index contributed by atoms with van der Waals surface area (Å²) < 4.78 is 0. The van der Waals surface area contributed by atoms with Gasteiger partial charge in [0.05, 0.1) is 16.8 Å². The van der Waals surface area contributed by atoms with Crippen molar-refractivity contribution in [2.75, 3.05) is 4.90 Å². The van der Waals surface area contributed by atoms with Crippen LogP contribution >= 0.6 is 0 Å². The minimum atomic E-state index is -0.502. The van der Waals surface area contributed by atoms with Gasteiger partial charge < -0.3 is 9.80 Å². The van der Waals surface area contributed by atoms with E-state index in [1.165, 1.54) is 78.1 Å². The van der Waals surface area contributed by atoms with Crippen molar-refractivity contribution in [2.24, 2.45) is 4.99 Å². The second-order valence-corrected chi connectivity index (χ2v) is 15.5. The number of amidine groups is 1. The highest BCUT2D eigenvalue weighted by Crippen LogP contribution is 2.63. The van der Waals surface area contributed by atoms with E-state index in [4.69, 9.17) is 4.99 Å². The first kappa shape index (κ1) is 32.7. The van der Waals surface area contributed by atoms with Crippen LogP contribution in [-0.2, 0) is 5.41 Å². The number of benzene rings is 8. The first-order valence-corrected chi connectivity index (χ1v) is 20.1. The highest BCUT2D eigenvalue weighted by molar-refractivity contribution is 6.28. The summed E-state index contributed by atoms with van der Waals surface area (Å²) in [5.74, 6) is 1.01. The summed E-state index contributed by atoms with van der Waals surface area (Å²) in [6, 6.07) is 75.3. The molecule has 1 spiro atoms. The van der Waals surface area contributed by atoms with Gasteiger partial charge in [-0.25, -0.2) is 4.99 Å². The second kappa shape index (κ2) is 12.8. The molecule has 1 unspecified atom stereocenters. The zero-order valence-corrected chi connectivity index (χ0v) is 31.7. The maximum absolute atomic E-state index is 5.29. The lowest BCUT2D eigenvalue weighted by Crippen LogP contribution is -2.41. The third-order valence-corrected chi connectivity index (χ3v) is 12.4. The fourth-order valence-corrected chi connectivity index (χ4v) is 9.93. The van der Waals surface area contributed by atoms with Crippen LogP contribution < -0.4 is 4.90 Å². The van der Waals surface area contributed by atoms with Gasteiger partial charge in [-0.3, -0.25) is 0 Å². The van der Waals surface area contributed by atoms with Crippen molar-refractivity contribution < 1.29 is 0 Å². The lowest BCUT2D eigenvalue weighted by molar-refractivity contribution is 0.370. The number of aliphatic imine (C=N–C) groups is 1. The van der Waals surface area contributed by atoms with Crippen LogP contribution in [0, 0.1) is 0 Å². The Balaban J connectivity index is 1.00. The summed E-state index contributed by atoms with van der Waals surface area (Å²) in [6.45, 7) is 0. The average molecular weight is 740 g/mol. The van der Waals surface area contributed by atoms with E-state index >= 15 is 0 Å². The monoisotopic (exact) mass is 739 g/mol. The molecule has 8 aromatic rings. The van der Waals surface area contributed by atoms with Gasteiger partial charge in [-0.05, 0) is 109 Å². The summed E-state index contributed by atoms with van der Waals surface area (Å²) in [7, 11) is 0. The van der Waals surface area contributed by atoms with Crippen molar-refractivity contribution in [3.05, 3.63) is 257 Å². The summed E-state index contributed by atoms with van der Waals surface area (Å²) >= 11 is 0. The van der Waals surface area contributed by atoms with Gasteiger partial charge in [0.1, 0.15) is 5.84 Å². The third kappa shape index (κ3) is 4.71. The number of para-hydroxylation sites is 3. The molecule has 58 heavy (non-hydrogen) atoms. The fourth-order valence-electron chi connectivity index (χ4n) is 9.93. The zero-order valence-electron chi connectivity index (χ0n) is 31.7. The molecule has 12 rings (SSSR count). The van der Waals surface area contributed by atoms with Gasteiger partial charge >= 0.3 is 0 Å². The molecule has 3 heterocycles. The van der Waals surface area contributed by atoms with E-state index in [9.17, 15) is 0 Å². The summed E-state index contributed by atoms with van der Waals surface area (Å²) in [5, 5.41) is 0. The van der Waals surface area contributed by atoms with E-state index < -0.39 is 5.41 Å². The molecule has 0 amide bonds. The minimum absolute atomic E-state index is 0.118. The van der Waals surface area contributed by atoms with E-state index in [-0.39, 0.29) is 6.17 Å². The van der Waals surface area contributed by atoms with Crippen molar-refractivity contribution in [1.29, 1.82) is 0 Å². The summed E-state index contributed by atoms with van der Waals surface area (Å²) in [6.07, 6.45) is 4.44. The van der Waals surface area contributed by atoms with Crippen molar-refractivity contribution in [1.82, 2.24) is 4.90 Å². The highest BCUT2D eigenvalue weighted by Gasteiger charge is 2.51. The van der Waals surface area contributed by atoms with Crippen LogP contribution in [0.4, 0.5) is 17.1 Å². The number of nitrogens with zero attached hydrogens (tertiary/aromatic N) is 3. The molecule has 1 atom stereocenters. The zero-order chi connectivity index (χ0) is 38.2. The van der Waals surface area contributed by atoms with Crippen LogP contribution in [0.25, 0.3) is 33.4 Å². The number of hydrogen-bond acceptors (Lipinski definition) is 3. The Morgan fingerprint density at radius 3 is 1.72 bits per heavy atom. The molecule has 3 heteroatoms. The molecule has 0 fully saturated rings. The number of anilines is 3. The smallest absolute Gasteiger partial charge is 0.154 e. The molecule has 8 aromatic carbocycles. The second-order valence-electron chi connectivity index (χ2n) is 15.5. The SMILES string of the molecule is C1=C(c2ccccc2)C=C(c2ccccc2)C2=NC(c3cccc(-c4ccc5c(c4)C4(c6ccccc6-5)c5ccccc5N(c5ccccc5)c5ccccc54)c3)N12. The average Bonchev–Trinajstić information content (AvgIpc) is 3.58. The van der Waals surface area contributed by atoms with Crippen molar-refractivity contribution in [2.45, 2.75) is 11.6 Å². The quantitative estimate of drug-likeness (QED) is 0.175. The van der Waals surface area contributed by atoms with E-state index in [2.05, 4.69) is 228 Å². The molecule has 0 N–H and O–H groups in total. The van der Waals surface area contributed by atoms with E-state index in [0.717, 1.165) is 17.1 Å². The number of fused-ring (bicyclic) bond motifs is 10. The maximum Gasteiger partial charge on any atom is 0.154 e. The lowest BCUT2D eigenvalue weighted by Gasteiger charge is -2.45. The highest BCUT2D eigenvalue weighted by atomic mass is 15.4. The Kier molecular flexibility index (Phi) is 7.21. The van der Waals surface area contributed by atoms with E-state index in [1.54, 1.807) is 0 Å². The number of allylic oxidation sites excluding steroid dienone is 2. The van der Waals surface area contributed by atoms with Crippen molar-refractivity contribution >= 4 is 34.0 Å². The van der Waals surface area contributed by atoms with Crippen LogP contribution in [-0.4, -0.2) is 10.7 Å². The molecule has 4 aliphatic rings. The molecular weight excluding hydrogens is 703 g/mol. The van der Waals surface area contributed by atoms with Crippen molar-refractivity contribution in [3.8, 4) is 22.3 Å². The Labute approximate surface area is 338 Å². The predicted octanol–water partition coefficient (Wildman–Crippen LogP) is 13.4. The van der Waals surface area contributed by atoms with Crippen LogP contribution in [0.5, 0.6) is 0 Å². The first-order chi connectivity index (χ1) is 28.8. The Bertz CT molecular complexity index is 2970. The Hall–Kier alpha value is -7.49. The number of hydrogen-bond donors (Lipinski definition) is 0. The summed E-state index contributed by atoms with van der Waals surface area (Å²) in [5.41, 5.74) is 19.1. The van der Waals surface area contributed by atoms with Crippen LogP contribution in [0.2, 0.25) is 0 Å². The first-order valence-electron chi connectivity index (χ1n) is 20.1. The summed E-state index contributed by atoms with van der Waals surface area (Å²) in [4.78, 5) is 10.1. The van der Waals surface area contributed by atoms with Crippen LogP contribution in [0.3, 0.4) is 0 Å². The Morgan fingerprint density at radius 1 is 0.431 bits per heavy atom. The van der Waals surface area contributed by atoms with E-state index in [0.29, 0.717) is 0 Å². The van der Waals surface area contributed by atoms with Crippen LogP contribution in [0.1, 0.15) is 45.1 Å². The molecule has 0 aromatic heterocycles. The maximum atomic E-state index is 5.29. The molecule has 0 saturated heterocycles.